The first-order chi connectivity index (χ1) is 20.2. The molecule has 0 amide bonds. The van der Waals surface area contributed by atoms with Crippen molar-refractivity contribution in [3.05, 3.63) is 133 Å². The first-order valence-corrected chi connectivity index (χ1v) is 11.1. The lowest BCUT2D eigenvalue weighted by Crippen LogP contribution is -1.91. The lowest BCUT2D eigenvalue weighted by atomic mass is 9.85. The van der Waals surface area contributed by atoms with Crippen molar-refractivity contribution in [1.82, 2.24) is 0 Å². The van der Waals surface area contributed by atoms with Gasteiger partial charge in [-0.3, -0.25) is 0 Å². The molecule has 0 fully saturated rings. The molecule has 0 aromatic heterocycles. The summed E-state index contributed by atoms with van der Waals surface area (Å²) in [5.74, 6) is 0. The molecule has 0 unspecified atom stereocenters. The van der Waals surface area contributed by atoms with Crippen LogP contribution in [0.1, 0.15) is 11.0 Å². The molecular weight excluding hydrogens is 408 g/mol. The molecule has 158 valence electrons. The number of hydrogen-bond acceptors (Lipinski definition) is 0. The Kier molecular flexibility index (Phi) is 2.83. The molecule has 0 nitrogen and oxygen atoms in total. The van der Waals surface area contributed by atoms with Crippen LogP contribution in [-0.4, -0.2) is 0 Å². The van der Waals surface area contributed by atoms with Gasteiger partial charge < -0.3 is 0 Å². The third-order valence-electron chi connectivity index (χ3n) is 6.47. The molecule has 0 saturated carbocycles. The molecule has 0 heterocycles. The van der Waals surface area contributed by atoms with E-state index in [1.807, 2.05) is 60.7 Å². The Morgan fingerprint density at radius 3 is 1.53 bits per heavy atom. The van der Waals surface area contributed by atoms with Crippen molar-refractivity contribution in [2.75, 3.05) is 0 Å². The number of fused-ring (bicyclic) bond motifs is 5. The smallest absolute Gasteiger partial charge is 0.0622 e. The Hall–Kier alpha value is -4.42. The van der Waals surface area contributed by atoms with Gasteiger partial charge in [-0.25, -0.2) is 0 Å². The van der Waals surface area contributed by atoms with Crippen LogP contribution in [-0.2, 0) is 0 Å². The van der Waals surface area contributed by atoms with E-state index in [2.05, 4.69) is 0 Å². The van der Waals surface area contributed by atoms with Crippen LogP contribution in [0.2, 0.25) is 0 Å². The van der Waals surface area contributed by atoms with E-state index in [1.165, 1.54) is 0 Å². The Bertz CT molecular complexity index is 2190. The van der Waals surface area contributed by atoms with E-state index in [0.717, 1.165) is 21.5 Å². The van der Waals surface area contributed by atoms with Crippen LogP contribution < -0.4 is 0 Å². The van der Waals surface area contributed by atoms with Crippen LogP contribution in [0.4, 0.5) is 0 Å². The third-order valence-corrected chi connectivity index (χ3v) is 6.47. The lowest BCUT2D eigenvalue weighted by Gasteiger charge is -2.18. The van der Waals surface area contributed by atoms with Crippen LogP contribution in [0.5, 0.6) is 0 Å². The highest BCUT2D eigenvalue weighted by Gasteiger charge is 2.16. The molecule has 0 spiro atoms. The summed E-state index contributed by atoms with van der Waals surface area (Å²) in [6.07, 6.45) is 0. The van der Waals surface area contributed by atoms with E-state index in [-0.39, 0.29) is 45.7 Å². The summed E-state index contributed by atoms with van der Waals surface area (Å²) >= 11 is 0. The van der Waals surface area contributed by atoms with Crippen LogP contribution in [0.25, 0.3) is 65.3 Å². The molecule has 0 aliphatic rings. The fraction of sp³-hybridized carbons (Fsp3) is 0. The Labute approximate surface area is 210 Å². The van der Waals surface area contributed by atoms with Crippen molar-refractivity contribution < 1.29 is 11.0 Å². The number of hydrogen-bond donors (Lipinski definition) is 0. The monoisotopic (exact) mass is 438 g/mol. The van der Waals surface area contributed by atoms with Gasteiger partial charge in [-0.1, -0.05) is 127 Å². The molecule has 0 saturated heterocycles. The zero-order valence-corrected chi connectivity index (χ0v) is 18.1. The molecule has 0 aliphatic heterocycles. The molecule has 0 aliphatic carbocycles. The predicted molar refractivity (Wildman–Crippen MR) is 147 cm³/mol. The van der Waals surface area contributed by atoms with Gasteiger partial charge in [0.1, 0.15) is 0 Å². The number of benzene rings is 7. The van der Waals surface area contributed by atoms with Gasteiger partial charge in [0, 0.05) is 0 Å². The maximum absolute atomic E-state index is 9.08. The van der Waals surface area contributed by atoms with E-state index in [1.54, 1.807) is 24.3 Å². The van der Waals surface area contributed by atoms with Gasteiger partial charge in [0.15, 0.2) is 0 Å². The highest BCUT2D eigenvalue weighted by atomic mass is 14.2. The highest BCUT2D eigenvalue weighted by Crippen LogP contribution is 2.44. The Morgan fingerprint density at radius 1 is 0.382 bits per heavy atom. The summed E-state index contributed by atoms with van der Waals surface area (Å²) in [7, 11) is 0. The van der Waals surface area contributed by atoms with Gasteiger partial charge >= 0.3 is 0 Å². The quantitative estimate of drug-likeness (QED) is 0.186. The average Bonchev–Trinajstić information content (AvgIpc) is 3.03. The van der Waals surface area contributed by atoms with Crippen molar-refractivity contribution in [3.63, 3.8) is 0 Å². The summed E-state index contributed by atoms with van der Waals surface area (Å²) in [5.41, 5.74) is 1.91. The van der Waals surface area contributed by atoms with Crippen LogP contribution in [0.15, 0.2) is 133 Å². The molecular formula is C34H22. The first-order valence-electron chi connectivity index (χ1n) is 15.1. The van der Waals surface area contributed by atoms with Gasteiger partial charge in [-0.05, 0) is 71.4 Å². The molecule has 0 radical (unpaired) electrons. The average molecular weight is 439 g/mol. The zero-order valence-electron chi connectivity index (χ0n) is 26.1. The fourth-order valence-corrected chi connectivity index (χ4v) is 4.96. The Balaban J connectivity index is 1.81. The maximum Gasteiger partial charge on any atom is 0.0629 e. The second kappa shape index (κ2) is 7.57. The van der Waals surface area contributed by atoms with E-state index >= 15 is 0 Å². The van der Waals surface area contributed by atoms with Gasteiger partial charge in [0.2, 0.25) is 0 Å². The minimum absolute atomic E-state index is 0.219. The summed E-state index contributed by atoms with van der Waals surface area (Å²) in [4.78, 5) is 0. The second-order valence-corrected chi connectivity index (χ2v) is 8.34. The molecule has 34 heavy (non-hydrogen) atoms. The van der Waals surface area contributed by atoms with Crippen LogP contribution in [0, 0.1) is 0 Å². The van der Waals surface area contributed by atoms with Gasteiger partial charge in [-0.2, -0.15) is 0 Å². The van der Waals surface area contributed by atoms with Crippen molar-refractivity contribution in [3.8, 4) is 22.3 Å². The van der Waals surface area contributed by atoms with E-state index < -0.39 is 24.2 Å². The normalized spacial score (nSPS) is 14.8. The van der Waals surface area contributed by atoms with Gasteiger partial charge in [-0.15, -0.1) is 0 Å². The molecule has 7 aromatic carbocycles. The largest absolute Gasteiger partial charge is 0.0629 e. The first kappa shape index (κ1) is 12.7. The summed E-state index contributed by atoms with van der Waals surface area (Å²) in [6.45, 7) is 0. The van der Waals surface area contributed by atoms with E-state index in [9.17, 15) is 0 Å². The molecule has 0 atom stereocenters. The zero-order chi connectivity index (χ0) is 29.4. The second-order valence-electron chi connectivity index (χ2n) is 8.34. The maximum atomic E-state index is 9.08. The minimum Gasteiger partial charge on any atom is -0.0622 e. The summed E-state index contributed by atoms with van der Waals surface area (Å²) < 4.78 is 70.4. The summed E-state index contributed by atoms with van der Waals surface area (Å²) in [5, 5.41) is 4.84. The lowest BCUT2D eigenvalue weighted by molar-refractivity contribution is 1.66. The predicted octanol–water partition coefficient (Wildman–Crippen LogP) is 9.63. The van der Waals surface area contributed by atoms with E-state index in [0.29, 0.717) is 22.3 Å². The molecule has 7 aromatic rings. The summed E-state index contributed by atoms with van der Waals surface area (Å²) in [6, 6.07) is 24.1. The van der Waals surface area contributed by atoms with Crippen LogP contribution in [0.3, 0.4) is 0 Å². The van der Waals surface area contributed by atoms with Crippen LogP contribution >= 0.6 is 0 Å². The van der Waals surface area contributed by atoms with Gasteiger partial charge in [0.25, 0.3) is 0 Å². The van der Waals surface area contributed by atoms with Crippen molar-refractivity contribution in [2.45, 2.75) is 0 Å². The number of rotatable bonds is 2. The van der Waals surface area contributed by atoms with Gasteiger partial charge in [0.05, 0.1) is 11.0 Å². The molecule has 0 bridgehead atoms. The van der Waals surface area contributed by atoms with Crippen molar-refractivity contribution in [1.29, 1.82) is 0 Å². The third kappa shape index (κ3) is 2.86. The van der Waals surface area contributed by atoms with Crippen molar-refractivity contribution in [2.24, 2.45) is 0 Å². The van der Waals surface area contributed by atoms with E-state index in [4.69, 9.17) is 11.0 Å². The SMILES string of the molecule is [2H]c1c([2H])c([2H])c2c(-c3ccc4ccc5ccccc5c4c3)c3c([2H])c([2H])c([2H])c([2H])c3c(-c3ccccc3)c2c1[2H]. The minimum atomic E-state index is -0.404. The molecule has 0 N–H and O–H groups in total. The Morgan fingerprint density at radius 2 is 0.882 bits per heavy atom. The standard InChI is InChI=1S/C34H22/c1-2-11-25(12-3-1)33-28-14-6-8-16-30(28)34(31-17-9-7-15-29(31)33)26-21-20-24-19-18-23-10-4-5-13-27(23)32(24)22-26/h1-22H/i6D,7D,8D,9D,14D,15D,16D,17D. The topological polar surface area (TPSA) is 0 Å². The highest BCUT2D eigenvalue weighted by molar-refractivity contribution is 6.22. The fourth-order valence-electron chi connectivity index (χ4n) is 4.96. The molecule has 7 rings (SSSR count). The molecule has 0 heteroatoms. The van der Waals surface area contributed by atoms with Crippen molar-refractivity contribution >= 4 is 43.1 Å².